The van der Waals surface area contributed by atoms with Crippen molar-refractivity contribution in [2.75, 3.05) is 40.6 Å². The van der Waals surface area contributed by atoms with Crippen molar-refractivity contribution in [3.63, 3.8) is 0 Å². The van der Waals surface area contributed by atoms with E-state index in [1.54, 1.807) is 14.2 Å². The third kappa shape index (κ3) is 4.23. The lowest BCUT2D eigenvalue weighted by Gasteiger charge is -2.44. The summed E-state index contributed by atoms with van der Waals surface area (Å²) in [6.45, 7) is 7.42. The van der Waals surface area contributed by atoms with Crippen LogP contribution in [0.15, 0.2) is 0 Å². The molecular formula is C14H28O3. The minimum absolute atomic E-state index is 0.0661. The normalized spacial score (nSPS) is 17.5. The van der Waals surface area contributed by atoms with Crippen molar-refractivity contribution >= 4 is 0 Å². The summed E-state index contributed by atoms with van der Waals surface area (Å²) >= 11 is 0. The second-order valence-corrected chi connectivity index (χ2v) is 5.77. The molecule has 0 atom stereocenters. The molecule has 3 nitrogen and oxygen atoms in total. The molecule has 1 aliphatic carbocycles. The molecule has 1 fully saturated rings. The van der Waals surface area contributed by atoms with Gasteiger partial charge in [-0.25, -0.2) is 0 Å². The molecule has 0 unspecified atom stereocenters. The Hall–Kier alpha value is -0.120. The van der Waals surface area contributed by atoms with E-state index in [1.165, 1.54) is 19.3 Å². The fraction of sp³-hybridized carbons (Fsp3) is 1.00. The topological polar surface area (TPSA) is 27.7 Å². The van der Waals surface area contributed by atoms with Crippen LogP contribution in [0.5, 0.6) is 0 Å². The smallest absolute Gasteiger partial charge is 0.0569 e. The van der Waals surface area contributed by atoms with Gasteiger partial charge in [0.15, 0.2) is 0 Å². The Kier molecular flexibility index (Phi) is 6.45. The van der Waals surface area contributed by atoms with Gasteiger partial charge in [0, 0.05) is 26.2 Å². The van der Waals surface area contributed by atoms with Gasteiger partial charge in [-0.3, -0.25) is 0 Å². The zero-order valence-corrected chi connectivity index (χ0v) is 11.8. The predicted octanol–water partition coefficient (Wildman–Crippen LogP) is 2.74. The molecule has 0 heterocycles. The van der Waals surface area contributed by atoms with Gasteiger partial charge in [-0.2, -0.15) is 0 Å². The monoisotopic (exact) mass is 244 g/mol. The van der Waals surface area contributed by atoms with Crippen LogP contribution >= 0.6 is 0 Å². The summed E-state index contributed by atoms with van der Waals surface area (Å²) in [5, 5.41) is 0. The van der Waals surface area contributed by atoms with Crippen LogP contribution in [-0.4, -0.2) is 40.6 Å². The highest BCUT2D eigenvalue weighted by molar-refractivity contribution is 4.91. The molecule has 0 bridgehead atoms. The molecule has 0 radical (unpaired) electrons. The third-order valence-corrected chi connectivity index (χ3v) is 3.68. The maximum Gasteiger partial charge on any atom is 0.0569 e. The molecule has 0 aromatic heterocycles. The third-order valence-electron chi connectivity index (χ3n) is 3.68. The van der Waals surface area contributed by atoms with Gasteiger partial charge >= 0.3 is 0 Å². The van der Waals surface area contributed by atoms with Crippen LogP contribution in [0.1, 0.15) is 33.1 Å². The summed E-state index contributed by atoms with van der Waals surface area (Å²) in [5.41, 5.74) is 0.0661. The molecule has 0 aromatic carbocycles. The highest BCUT2D eigenvalue weighted by Crippen LogP contribution is 2.43. The van der Waals surface area contributed by atoms with Gasteiger partial charge in [0.25, 0.3) is 0 Å². The van der Waals surface area contributed by atoms with Crippen LogP contribution in [0.2, 0.25) is 0 Å². The van der Waals surface area contributed by atoms with Gasteiger partial charge in [-0.15, -0.1) is 0 Å². The Bertz CT molecular complexity index is 194. The van der Waals surface area contributed by atoms with Gasteiger partial charge in [-0.05, 0) is 24.7 Å². The van der Waals surface area contributed by atoms with E-state index in [1.807, 2.05) is 0 Å². The molecule has 3 heteroatoms. The molecule has 102 valence electrons. The number of ether oxygens (including phenoxy) is 3. The first kappa shape index (κ1) is 14.9. The van der Waals surface area contributed by atoms with Crippen molar-refractivity contribution in [3.05, 3.63) is 0 Å². The first-order valence-corrected chi connectivity index (χ1v) is 6.70. The lowest BCUT2D eigenvalue weighted by atomic mass is 9.66. The van der Waals surface area contributed by atoms with Gasteiger partial charge in [-0.1, -0.05) is 20.3 Å². The molecular weight excluding hydrogens is 216 g/mol. The molecule has 0 spiro atoms. The number of hydrogen-bond donors (Lipinski definition) is 0. The largest absolute Gasteiger partial charge is 0.384 e. The maximum absolute atomic E-state index is 5.86. The van der Waals surface area contributed by atoms with Gasteiger partial charge in [0.05, 0.1) is 19.8 Å². The molecule has 17 heavy (non-hydrogen) atoms. The first-order chi connectivity index (χ1) is 8.14. The van der Waals surface area contributed by atoms with Crippen molar-refractivity contribution < 1.29 is 14.2 Å². The Balaban J connectivity index is 2.53. The summed E-state index contributed by atoms with van der Waals surface area (Å²) in [6.07, 6.45) is 3.92. The second-order valence-electron chi connectivity index (χ2n) is 5.77. The fourth-order valence-electron chi connectivity index (χ4n) is 2.57. The SMILES string of the molecule is COCC(COC)(COCC(C)C)C1CCC1. The van der Waals surface area contributed by atoms with Crippen LogP contribution < -0.4 is 0 Å². The van der Waals surface area contributed by atoms with Crippen molar-refractivity contribution in [3.8, 4) is 0 Å². The highest BCUT2D eigenvalue weighted by atomic mass is 16.5. The highest BCUT2D eigenvalue weighted by Gasteiger charge is 2.42. The van der Waals surface area contributed by atoms with Gasteiger partial charge < -0.3 is 14.2 Å². The molecule has 1 rings (SSSR count). The number of hydrogen-bond acceptors (Lipinski definition) is 3. The minimum atomic E-state index is 0.0661. The Morgan fingerprint density at radius 3 is 2.00 bits per heavy atom. The molecule has 1 aliphatic rings. The van der Waals surface area contributed by atoms with Gasteiger partial charge in [0.1, 0.15) is 0 Å². The average Bonchev–Trinajstić information content (AvgIpc) is 2.14. The summed E-state index contributed by atoms with van der Waals surface area (Å²) in [7, 11) is 3.54. The minimum Gasteiger partial charge on any atom is -0.384 e. The number of methoxy groups -OCH3 is 2. The van der Waals surface area contributed by atoms with E-state index in [4.69, 9.17) is 14.2 Å². The lowest BCUT2D eigenvalue weighted by molar-refractivity contribution is -0.104. The van der Waals surface area contributed by atoms with Crippen LogP contribution in [0.25, 0.3) is 0 Å². The van der Waals surface area contributed by atoms with E-state index in [9.17, 15) is 0 Å². The Morgan fingerprint density at radius 1 is 1.06 bits per heavy atom. The van der Waals surface area contributed by atoms with E-state index >= 15 is 0 Å². The molecule has 0 amide bonds. The maximum atomic E-state index is 5.86. The Morgan fingerprint density at radius 2 is 1.65 bits per heavy atom. The van der Waals surface area contributed by atoms with Gasteiger partial charge in [0.2, 0.25) is 0 Å². The molecule has 0 aliphatic heterocycles. The fourth-order valence-corrected chi connectivity index (χ4v) is 2.57. The lowest BCUT2D eigenvalue weighted by Crippen LogP contribution is -2.46. The second kappa shape index (κ2) is 7.34. The van der Waals surface area contributed by atoms with E-state index in [0.717, 1.165) is 26.4 Å². The first-order valence-electron chi connectivity index (χ1n) is 6.70. The van der Waals surface area contributed by atoms with Crippen LogP contribution in [0, 0.1) is 17.3 Å². The predicted molar refractivity (Wildman–Crippen MR) is 69.2 cm³/mol. The average molecular weight is 244 g/mol. The zero-order valence-electron chi connectivity index (χ0n) is 11.8. The molecule has 0 aromatic rings. The summed E-state index contributed by atoms with van der Waals surface area (Å²) in [4.78, 5) is 0. The Labute approximate surface area is 106 Å². The van der Waals surface area contributed by atoms with Crippen LogP contribution in [0.3, 0.4) is 0 Å². The van der Waals surface area contributed by atoms with Crippen molar-refractivity contribution in [2.45, 2.75) is 33.1 Å². The number of rotatable bonds is 9. The molecule has 1 saturated carbocycles. The van der Waals surface area contributed by atoms with E-state index in [-0.39, 0.29) is 5.41 Å². The van der Waals surface area contributed by atoms with E-state index in [0.29, 0.717) is 11.8 Å². The van der Waals surface area contributed by atoms with Crippen molar-refractivity contribution in [2.24, 2.45) is 17.3 Å². The standard InChI is InChI=1S/C14H28O3/c1-12(2)8-17-11-14(9-15-3,10-16-4)13-6-5-7-13/h12-13H,5-11H2,1-4H3. The molecule has 0 N–H and O–H groups in total. The summed E-state index contributed by atoms with van der Waals surface area (Å²) in [5.74, 6) is 1.29. The van der Waals surface area contributed by atoms with E-state index < -0.39 is 0 Å². The summed E-state index contributed by atoms with van der Waals surface area (Å²) in [6, 6.07) is 0. The van der Waals surface area contributed by atoms with E-state index in [2.05, 4.69) is 13.8 Å². The van der Waals surface area contributed by atoms with Crippen LogP contribution in [-0.2, 0) is 14.2 Å². The van der Waals surface area contributed by atoms with Crippen molar-refractivity contribution in [1.29, 1.82) is 0 Å². The van der Waals surface area contributed by atoms with Crippen molar-refractivity contribution in [1.82, 2.24) is 0 Å². The zero-order chi connectivity index (χ0) is 12.7. The quantitative estimate of drug-likeness (QED) is 0.624. The molecule has 0 saturated heterocycles. The summed E-state index contributed by atoms with van der Waals surface area (Å²) < 4.78 is 16.7. The van der Waals surface area contributed by atoms with Crippen LogP contribution in [0.4, 0.5) is 0 Å².